The molecule has 0 fully saturated rings. The third-order valence-corrected chi connectivity index (χ3v) is 7.26. The van der Waals surface area contributed by atoms with Gasteiger partial charge in [-0.05, 0) is 53.1 Å². The summed E-state index contributed by atoms with van der Waals surface area (Å²) in [5, 5.41) is 14.1. The highest BCUT2D eigenvalue weighted by Gasteiger charge is 2.37. The smallest absolute Gasteiger partial charge is 0.218 e. The molecule has 1 unspecified atom stereocenters. The van der Waals surface area contributed by atoms with Gasteiger partial charge in [0.15, 0.2) is 5.60 Å². The van der Waals surface area contributed by atoms with Crippen molar-refractivity contribution in [1.29, 1.82) is 0 Å². The maximum atomic E-state index is 12.3. The van der Waals surface area contributed by atoms with Crippen molar-refractivity contribution in [3.63, 3.8) is 0 Å². The molecular weight excluding hydrogens is 509 g/mol. The van der Waals surface area contributed by atoms with E-state index in [9.17, 15) is 5.11 Å². The SMILES string of the molecule is COc1ccc(Cc2c(OC)nc3ccc(C(O)(c4ccc(Cl)cc4)c4cncn4C)cc3c2Cl)cc1. The molecule has 5 rings (SSSR count). The van der Waals surface area contributed by atoms with E-state index in [4.69, 9.17) is 37.7 Å². The Bertz CT molecular complexity index is 1570. The molecule has 37 heavy (non-hydrogen) atoms. The van der Waals surface area contributed by atoms with Gasteiger partial charge < -0.3 is 19.1 Å². The Balaban J connectivity index is 1.68. The number of aromatic nitrogens is 3. The van der Waals surface area contributed by atoms with Crippen LogP contribution in [-0.2, 0) is 19.1 Å². The summed E-state index contributed by atoms with van der Waals surface area (Å²) in [6.07, 6.45) is 3.83. The predicted octanol–water partition coefficient (Wildman–Crippen LogP) is 6.17. The van der Waals surface area contributed by atoms with Crippen LogP contribution >= 0.6 is 23.2 Å². The lowest BCUT2D eigenvalue weighted by Crippen LogP contribution is -2.31. The molecule has 0 aliphatic heterocycles. The van der Waals surface area contributed by atoms with E-state index in [1.54, 1.807) is 43.4 Å². The molecule has 1 N–H and O–H groups in total. The maximum absolute atomic E-state index is 12.3. The number of benzene rings is 3. The van der Waals surface area contributed by atoms with E-state index in [1.165, 1.54) is 0 Å². The molecule has 1 atom stereocenters. The van der Waals surface area contributed by atoms with Crippen LogP contribution in [0.3, 0.4) is 0 Å². The van der Waals surface area contributed by atoms with E-state index in [-0.39, 0.29) is 0 Å². The third-order valence-electron chi connectivity index (χ3n) is 6.58. The molecule has 2 aromatic heterocycles. The van der Waals surface area contributed by atoms with E-state index in [0.29, 0.717) is 50.1 Å². The number of methoxy groups -OCH3 is 2. The van der Waals surface area contributed by atoms with Gasteiger partial charge in [-0.3, -0.25) is 0 Å². The van der Waals surface area contributed by atoms with Gasteiger partial charge in [0, 0.05) is 29.4 Å². The van der Waals surface area contributed by atoms with Crippen LogP contribution in [0.2, 0.25) is 10.0 Å². The van der Waals surface area contributed by atoms with Crippen LogP contribution in [0.15, 0.2) is 79.3 Å². The number of imidazole rings is 1. The number of nitrogens with zero attached hydrogens (tertiary/aromatic N) is 3. The Labute approximate surface area is 225 Å². The van der Waals surface area contributed by atoms with E-state index < -0.39 is 5.60 Å². The van der Waals surface area contributed by atoms with E-state index in [0.717, 1.165) is 16.9 Å². The monoisotopic (exact) mass is 533 g/mol. The summed E-state index contributed by atoms with van der Waals surface area (Å²) in [6.45, 7) is 0. The molecule has 2 heterocycles. The average molecular weight is 534 g/mol. The lowest BCUT2D eigenvalue weighted by atomic mass is 9.83. The molecule has 3 aromatic carbocycles. The fraction of sp³-hybridized carbons (Fsp3) is 0.172. The average Bonchev–Trinajstić information content (AvgIpc) is 3.36. The van der Waals surface area contributed by atoms with Crippen molar-refractivity contribution < 1.29 is 14.6 Å². The van der Waals surface area contributed by atoms with Gasteiger partial charge in [-0.1, -0.05) is 53.5 Å². The highest BCUT2D eigenvalue weighted by molar-refractivity contribution is 6.36. The lowest BCUT2D eigenvalue weighted by Gasteiger charge is -2.30. The van der Waals surface area contributed by atoms with Gasteiger partial charge in [-0.15, -0.1) is 0 Å². The molecule has 188 valence electrons. The van der Waals surface area contributed by atoms with Crippen molar-refractivity contribution in [1.82, 2.24) is 14.5 Å². The first kappa shape index (κ1) is 25.1. The van der Waals surface area contributed by atoms with E-state index in [2.05, 4.69) is 4.98 Å². The van der Waals surface area contributed by atoms with Gasteiger partial charge in [0.25, 0.3) is 0 Å². The fourth-order valence-electron chi connectivity index (χ4n) is 4.60. The quantitative estimate of drug-likeness (QED) is 0.271. The summed E-state index contributed by atoms with van der Waals surface area (Å²) in [7, 11) is 5.06. The number of aryl methyl sites for hydroxylation is 1. The Morgan fingerprint density at radius 2 is 1.62 bits per heavy atom. The van der Waals surface area contributed by atoms with Crippen LogP contribution in [0.4, 0.5) is 0 Å². The topological polar surface area (TPSA) is 69.4 Å². The van der Waals surface area contributed by atoms with E-state index in [1.807, 2.05) is 61.6 Å². The zero-order valence-electron chi connectivity index (χ0n) is 20.6. The first-order valence-corrected chi connectivity index (χ1v) is 12.4. The van der Waals surface area contributed by atoms with Crippen LogP contribution in [0.1, 0.15) is 27.9 Å². The highest BCUT2D eigenvalue weighted by Crippen LogP contribution is 2.41. The van der Waals surface area contributed by atoms with Crippen molar-refractivity contribution in [2.45, 2.75) is 12.0 Å². The Morgan fingerprint density at radius 3 is 2.24 bits per heavy atom. The first-order chi connectivity index (χ1) is 17.8. The molecule has 0 aliphatic carbocycles. The zero-order chi connectivity index (χ0) is 26.2. The second-order valence-corrected chi connectivity index (χ2v) is 9.59. The molecule has 6 nitrogen and oxygen atoms in total. The van der Waals surface area contributed by atoms with Crippen LogP contribution in [0.5, 0.6) is 11.6 Å². The molecule has 0 amide bonds. The van der Waals surface area contributed by atoms with Gasteiger partial charge in [0.05, 0.1) is 43.0 Å². The molecule has 0 bridgehead atoms. The largest absolute Gasteiger partial charge is 0.497 e. The standard InChI is InChI=1S/C29H25Cl2N3O3/c1-34-17-32-16-26(34)29(35,19-6-9-21(30)10-7-19)20-8-13-25-23(15-20)27(31)24(28(33-25)37-3)14-18-4-11-22(36-2)12-5-18/h4-13,15-17,35H,14H2,1-3H3. The van der Waals surface area contributed by atoms with Crippen molar-refractivity contribution >= 4 is 34.1 Å². The number of aliphatic hydroxyl groups is 1. The van der Waals surface area contributed by atoms with E-state index >= 15 is 0 Å². The summed E-state index contributed by atoms with van der Waals surface area (Å²) >= 11 is 13.2. The third kappa shape index (κ3) is 4.53. The first-order valence-electron chi connectivity index (χ1n) is 11.6. The Kier molecular flexibility index (Phi) is 6.82. The summed E-state index contributed by atoms with van der Waals surface area (Å²) < 4.78 is 12.7. The predicted molar refractivity (Wildman–Crippen MR) is 146 cm³/mol. The van der Waals surface area contributed by atoms with Crippen LogP contribution in [0, 0.1) is 0 Å². The minimum absolute atomic E-state index is 0.459. The maximum Gasteiger partial charge on any atom is 0.218 e. The molecule has 0 spiro atoms. The number of rotatable bonds is 7. The molecular formula is C29H25Cl2N3O3. The van der Waals surface area contributed by atoms with Crippen molar-refractivity contribution in [2.24, 2.45) is 7.05 Å². The zero-order valence-corrected chi connectivity index (χ0v) is 22.1. The van der Waals surface area contributed by atoms with Gasteiger partial charge in [0.1, 0.15) is 5.75 Å². The Morgan fingerprint density at radius 1 is 0.919 bits per heavy atom. The highest BCUT2D eigenvalue weighted by atomic mass is 35.5. The molecule has 0 radical (unpaired) electrons. The second kappa shape index (κ2) is 10.1. The number of ether oxygens (including phenoxy) is 2. The summed E-state index contributed by atoms with van der Waals surface area (Å²) in [5.74, 6) is 1.24. The number of pyridine rings is 1. The number of hydrogen-bond acceptors (Lipinski definition) is 5. The Hall–Kier alpha value is -3.58. The van der Waals surface area contributed by atoms with Crippen LogP contribution in [0.25, 0.3) is 10.9 Å². The summed E-state index contributed by atoms with van der Waals surface area (Å²) in [5.41, 5.74) is 2.81. The van der Waals surface area contributed by atoms with Gasteiger partial charge in [-0.25, -0.2) is 9.97 Å². The molecule has 5 aromatic rings. The fourth-order valence-corrected chi connectivity index (χ4v) is 5.02. The van der Waals surface area contributed by atoms with Gasteiger partial charge in [-0.2, -0.15) is 0 Å². The van der Waals surface area contributed by atoms with Crippen molar-refractivity contribution in [3.8, 4) is 11.6 Å². The molecule has 0 saturated carbocycles. The lowest BCUT2D eigenvalue weighted by molar-refractivity contribution is 0.117. The minimum atomic E-state index is -1.51. The molecule has 0 saturated heterocycles. The molecule has 8 heteroatoms. The summed E-state index contributed by atoms with van der Waals surface area (Å²) in [4.78, 5) is 8.97. The number of fused-ring (bicyclic) bond motifs is 1. The van der Waals surface area contributed by atoms with Gasteiger partial charge in [0.2, 0.25) is 5.88 Å². The molecule has 0 aliphatic rings. The second-order valence-electron chi connectivity index (χ2n) is 8.78. The normalized spacial score (nSPS) is 12.9. The van der Waals surface area contributed by atoms with Crippen molar-refractivity contribution in [2.75, 3.05) is 14.2 Å². The van der Waals surface area contributed by atoms with Crippen molar-refractivity contribution in [3.05, 3.63) is 117 Å². The number of hydrogen-bond donors (Lipinski definition) is 1. The van der Waals surface area contributed by atoms with Crippen LogP contribution in [-0.4, -0.2) is 33.9 Å². The van der Waals surface area contributed by atoms with Gasteiger partial charge >= 0.3 is 0 Å². The minimum Gasteiger partial charge on any atom is -0.497 e. The summed E-state index contributed by atoms with van der Waals surface area (Å²) in [6, 6.07) is 20.5. The van der Waals surface area contributed by atoms with Crippen LogP contribution < -0.4 is 9.47 Å². The number of halogens is 2.